The quantitative estimate of drug-likeness (QED) is 0.379. The van der Waals surface area contributed by atoms with Gasteiger partial charge in [-0.05, 0) is 0 Å². The van der Waals surface area contributed by atoms with Crippen LogP contribution in [0, 0.1) is 5.92 Å². The molecule has 0 amide bonds. The highest BCUT2D eigenvalue weighted by Crippen LogP contribution is 1.96. The Bertz CT molecular complexity index is 744. The summed E-state index contributed by atoms with van der Waals surface area (Å²) in [5.41, 5.74) is -1.35. The summed E-state index contributed by atoms with van der Waals surface area (Å²) < 4.78 is 13.9. The van der Waals surface area contributed by atoms with Gasteiger partial charge in [0.25, 0.3) is 5.56 Å². The van der Waals surface area contributed by atoms with Gasteiger partial charge < -0.3 is 19.2 Å². The van der Waals surface area contributed by atoms with Crippen LogP contribution in [-0.4, -0.2) is 34.7 Å². The van der Waals surface area contributed by atoms with Crippen molar-refractivity contribution < 1.29 is 28.6 Å². The smallest absolute Gasteiger partial charge is 0.333 e. The zero-order chi connectivity index (χ0) is 18.1. The monoisotopic (exact) mass is 340 g/mol. The molecule has 0 bridgehead atoms. The van der Waals surface area contributed by atoms with Crippen LogP contribution < -0.4 is 11.2 Å². The maximum atomic E-state index is 11.4. The van der Waals surface area contributed by atoms with E-state index in [2.05, 4.69) is 14.5 Å². The normalized spacial score (nSPS) is 10.6. The number of ether oxygens (including phenoxy) is 3. The zero-order valence-corrected chi connectivity index (χ0v) is 13.0. The molecular formula is C14H16N2O8. The summed E-state index contributed by atoms with van der Waals surface area (Å²) >= 11 is 0. The van der Waals surface area contributed by atoms with Gasteiger partial charge in [-0.1, -0.05) is 13.8 Å². The van der Waals surface area contributed by atoms with Crippen LogP contribution >= 0.6 is 0 Å². The average molecular weight is 340 g/mol. The third-order valence-electron chi connectivity index (χ3n) is 2.50. The standard InChI is InChI=1S/C14H16N2O8/c1-8(2)13(20)24-7-23-11(18)4-3-10(17)22-6-9-5-15-14(21)16-12(9)19/h3-5,8H,6-7H2,1-2H3,(H2,15,16,19,21)/b4-3+. The molecule has 24 heavy (non-hydrogen) atoms. The first-order chi connectivity index (χ1) is 11.3. The molecule has 1 rings (SSSR count). The molecule has 0 radical (unpaired) electrons. The van der Waals surface area contributed by atoms with Crippen LogP contribution in [0.3, 0.4) is 0 Å². The molecule has 0 aliphatic rings. The third-order valence-corrected chi connectivity index (χ3v) is 2.50. The lowest BCUT2D eigenvalue weighted by molar-refractivity contribution is -0.166. The third kappa shape index (κ3) is 6.73. The predicted octanol–water partition coefficient (Wildman–Crippen LogP) is -0.637. The SMILES string of the molecule is CC(C)C(=O)OCOC(=O)/C=C/C(=O)OCc1c[nH]c(=O)[nH]c1=O. The van der Waals surface area contributed by atoms with Crippen molar-refractivity contribution in [2.24, 2.45) is 5.92 Å². The van der Waals surface area contributed by atoms with Crippen LogP contribution in [0.15, 0.2) is 27.9 Å². The number of carbonyl (C=O) groups excluding carboxylic acids is 3. The number of H-pyrrole nitrogens is 2. The van der Waals surface area contributed by atoms with Crippen molar-refractivity contribution >= 4 is 17.9 Å². The number of aromatic nitrogens is 2. The Hall–Kier alpha value is -3.17. The Kier molecular flexibility index (Phi) is 7.14. The first-order valence-corrected chi connectivity index (χ1v) is 6.78. The van der Waals surface area contributed by atoms with E-state index in [4.69, 9.17) is 4.74 Å². The number of rotatable bonds is 7. The molecule has 1 aromatic rings. The second-order valence-corrected chi connectivity index (χ2v) is 4.74. The highest BCUT2D eigenvalue weighted by atomic mass is 16.7. The van der Waals surface area contributed by atoms with Crippen molar-refractivity contribution in [3.05, 3.63) is 44.8 Å². The van der Waals surface area contributed by atoms with E-state index in [1.807, 2.05) is 4.98 Å². The van der Waals surface area contributed by atoms with Crippen molar-refractivity contribution in [2.75, 3.05) is 6.79 Å². The lowest BCUT2D eigenvalue weighted by Gasteiger charge is -2.06. The van der Waals surface area contributed by atoms with E-state index in [1.54, 1.807) is 13.8 Å². The van der Waals surface area contributed by atoms with Crippen LogP contribution in [0.25, 0.3) is 0 Å². The number of hydrogen-bond donors (Lipinski definition) is 2. The lowest BCUT2D eigenvalue weighted by Crippen LogP contribution is -2.25. The van der Waals surface area contributed by atoms with Gasteiger partial charge in [-0.3, -0.25) is 14.6 Å². The number of hydrogen-bond acceptors (Lipinski definition) is 8. The molecule has 0 aliphatic heterocycles. The molecule has 0 fully saturated rings. The summed E-state index contributed by atoms with van der Waals surface area (Å²) in [5, 5.41) is 0. The molecule has 1 aromatic heterocycles. The largest absolute Gasteiger partial charge is 0.457 e. The van der Waals surface area contributed by atoms with Gasteiger partial charge in [0.1, 0.15) is 6.61 Å². The number of aromatic amines is 2. The molecule has 2 N–H and O–H groups in total. The fourth-order valence-electron chi connectivity index (χ4n) is 1.24. The molecule has 0 unspecified atom stereocenters. The Balaban J connectivity index is 2.37. The summed E-state index contributed by atoms with van der Waals surface area (Å²) in [5.74, 6) is -2.70. The molecule has 10 heteroatoms. The summed E-state index contributed by atoms with van der Waals surface area (Å²) in [7, 11) is 0. The fourth-order valence-corrected chi connectivity index (χ4v) is 1.24. The summed E-state index contributed by atoms with van der Waals surface area (Å²) in [6.45, 7) is 2.28. The molecule has 1 heterocycles. The van der Waals surface area contributed by atoms with Crippen LogP contribution in [0.4, 0.5) is 0 Å². The molecule has 0 saturated carbocycles. The highest BCUT2D eigenvalue weighted by Gasteiger charge is 2.09. The second kappa shape index (κ2) is 9.08. The minimum atomic E-state index is -0.912. The predicted molar refractivity (Wildman–Crippen MR) is 78.5 cm³/mol. The topological polar surface area (TPSA) is 145 Å². The maximum Gasteiger partial charge on any atom is 0.333 e. The Morgan fingerprint density at radius 2 is 1.71 bits per heavy atom. The summed E-state index contributed by atoms with van der Waals surface area (Å²) in [6, 6.07) is 0. The van der Waals surface area contributed by atoms with E-state index in [0.29, 0.717) is 0 Å². The highest BCUT2D eigenvalue weighted by molar-refractivity contribution is 5.91. The molecule has 0 atom stereocenters. The van der Waals surface area contributed by atoms with Gasteiger partial charge in [0.15, 0.2) is 0 Å². The van der Waals surface area contributed by atoms with Gasteiger partial charge in [0.05, 0.1) is 11.5 Å². The first-order valence-electron chi connectivity index (χ1n) is 6.78. The van der Waals surface area contributed by atoms with E-state index >= 15 is 0 Å². The zero-order valence-electron chi connectivity index (χ0n) is 13.0. The van der Waals surface area contributed by atoms with Crippen molar-refractivity contribution in [1.29, 1.82) is 0 Å². The molecule has 0 aliphatic carbocycles. The maximum absolute atomic E-state index is 11.4. The van der Waals surface area contributed by atoms with E-state index in [0.717, 1.165) is 18.3 Å². The van der Waals surface area contributed by atoms with Crippen molar-refractivity contribution in [2.45, 2.75) is 20.5 Å². The van der Waals surface area contributed by atoms with Gasteiger partial charge in [0, 0.05) is 18.3 Å². The molecule has 0 spiro atoms. The van der Waals surface area contributed by atoms with Gasteiger partial charge >= 0.3 is 23.6 Å². The Labute approximate surface area is 135 Å². The van der Waals surface area contributed by atoms with Gasteiger partial charge in [0.2, 0.25) is 6.79 Å². The first kappa shape index (κ1) is 18.9. The van der Waals surface area contributed by atoms with E-state index in [-0.39, 0.29) is 11.5 Å². The van der Waals surface area contributed by atoms with Crippen LogP contribution in [0.1, 0.15) is 19.4 Å². The van der Waals surface area contributed by atoms with E-state index in [9.17, 15) is 24.0 Å². The molecular weight excluding hydrogens is 324 g/mol. The lowest BCUT2D eigenvalue weighted by atomic mass is 10.2. The Morgan fingerprint density at radius 3 is 2.29 bits per heavy atom. The van der Waals surface area contributed by atoms with E-state index in [1.165, 1.54) is 0 Å². The van der Waals surface area contributed by atoms with Crippen molar-refractivity contribution in [3.63, 3.8) is 0 Å². The Morgan fingerprint density at radius 1 is 1.08 bits per heavy atom. The number of carbonyl (C=O) groups is 3. The summed E-state index contributed by atoms with van der Waals surface area (Å²) in [4.78, 5) is 60.1. The van der Waals surface area contributed by atoms with Gasteiger partial charge in [-0.25, -0.2) is 14.4 Å². The van der Waals surface area contributed by atoms with Crippen molar-refractivity contribution in [3.8, 4) is 0 Å². The van der Waals surface area contributed by atoms with Crippen molar-refractivity contribution in [1.82, 2.24) is 9.97 Å². The molecule has 0 saturated heterocycles. The number of nitrogens with one attached hydrogen (secondary N) is 2. The fraction of sp³-hybridized carbons (Fsp3) is 0.357. The van der Waals surface area contributed by atoms with Gasteiger partial charge in [-0.2, -0.15) is 0 Å². The van der Waals surface area contributed by atoms with Crippen LogP contribution in [-0.2, 0) is 35.2 Å². The molecule has 10 nitrogen and oxygen atoms in total. The van der Waals surface area contributed by atoms with Gasteiger partial charge in [-0.15, -0.1) is 0 Å². The molecule has 0 aromatic carbocycles. The minimum absolute atomic E-state index is 0.0273. The second-order valence-electron chi connectivity index (χ2n) is 4.74. The van der Waals surface area contributed by atoms with E-state index < -0.39 is 42.6 Å². The average Bonchev–Trinajstić information content (AvgIpc) is 2.51. The molecule has 130 valence electrons. The minimum Gasteiger partial charge on any atom is -0.457 e. The summed E-state index contributed by atoms with van der Waals surface area (Å²) in [6.07, 6.45) is 2.67. The number of esters is 3. The van der Waals surface area contributed by atoms with Crippen LogP contribution in [0.2, 0.25) is 0 Å². The van der Waals surface area contributed by atoms with Crippen LogP contribution in [0.5, 0.6) is 0 Å².